The molecule has 0 aliphatic rings. The van der Waals surface area contributed by atoms with Crippen LogP contribution in [0.25, 0.3) is 0 Å². The quantitative estimate of drug-likeness (QED) is 0.669. The normalized spacial score (nSPS) is 10.5. The zero-order valence-corrected chi connectivity index (χ0v) is 6.97. The van der Waals surface area contributed by atoms with Crippen molar-refractivity contribution in [2.45, 2.75) is 6.54 Å². The lowest BCUT2D eigenvalue weighted by Gasteiger charge is -1.95. The van der Waals surface area contributed by atoms with Gasteiger partial charge in [-0.25, -0.2) is 4.79 Å². The molecule has 0 spiro atoms. The molecule has 1 aromatic carbocycles. The summed E-state index contributed by atoms with van der Waals surface area (Å²) in [7, 11) is 0. The predicted molar refractivity (Wildman–Crippen MR) is 50.0 cm³/mol. The summed E-state index contributed by atoms with van der Waals surface area (Å²) in [5.41, 5.74) is 7.15. The molecule has 0 unspecified atom stereocenters. The highest BCUT2D eigenvalue weighted by atomic mass is 16.4. The fourth-order valence-corrected chi connectivity index (χ4v) is 0.870. The van der Waals surface area contributed by atoms with E-state index in [-0.39, 0.29) is 0 Å². The second-order valence-corrected chi connectivity index (χ2v) is 2.49. The van der Waals surface area contributed by atoms with Gasteiger partial charge >= 0.3 is 6.09 Å². The topological polar surface area (TPSA) is 75.7 Å². The van der Waals surface area contributed by atoms with E-state index in [9.17, 15) is 4.79 Å². The molecule has 3 N–H and O–H groups in total. The predicted octanol–water partition coefficient (Wildman–Crippen LogP) is 1.24. The average molecular weight is 178 g/mol. The maximum absolute atomic E-state index is 10.1. The van der Waals surface area contributed by atoms with Crippen molar-refractivity contribution in [2.24, 2.45) is 10.7 Å². The summed E-state index contributed by atoms with van der Waals surface area (Å²) in [6.45, 7) is 0.482. The Hall–Kier alpha value is -1.68. The van der Waals surface area contributed by atoms with Crippen molar-refractivity contribution in [1.29, 1.82) is 0 Å². The van der Waals surface area contributed by atoms with E-state index in [4.69, 9.17) is 10.8 Å². The Balaban J connectivity index is 2.75. The van der Waals surface area contributed by atoms with E-state index in [2.05, 4.69) is 4.99 Å². The lowest BCUT2D eigenvalue weighted by Crippen LogP contribution is -1.96. The zero-order valence-electron chi connectivity index (χ0n) is 6.97. The fraction of sp³-hybridized carbons (Fsp3) is 0.111. The van der Waals surface area contributed by atoms with Crippen LogP contribution in [0.1, 0.15) is 11.1 Å². The highest BCUT2D eigenvalue weighted by Gasteiger charge is 1.91. The summed E-state index contributed by atoms with van der Waals surface area (Å²) in [5.74, 6) is 0. The molecular formula is C9H10N2O2. The van der Waals surface area contributed by atoms with Gasteiger partial charge in [-0.3, -0.25) is 0 Å². The van der Waals surface area contributed by atoms with Crippen LogP contribution in [0, 0.1) is 0 Å². The third-order valence-electron chi connectivity index (χ3n) is 1.54. The Morgan fingerprint density at radius 1 is 1.46 bits per heavy atom. The molecule has 0 atom stereocenters. The molecule has 0 fully saturated rings. The van der Waals surface area contributed by atoms with Gasteiger partial charge in [-0.15, -0.1) is 0 Å². The molecule has 0 saturated carbocycles. The Labute approximate surface area is 75.7 Å². The Bertz CT molecular complexity index is 317. The van der Waals surface area contributed by atoms with Gasteiger partial charge in [0.15, 0.2) is 0 Å². The molecule has 1 aromatic rings. The van der Waals surface area contributed by atoms with Gasteiger partial charge in [-0.05, 0) is 11.1 Å². The van der Waals surface area contributed by atoms with Crippen molar-refractivity contribution in [3.8, 4) is 0 Å². The number of nitrogens with zero attached hydrogens (tertiary/aromatic N) is 1. The van der Waals surface area contributed by atoms with Crippen molar-refractivity contribution in [1.82, 2.24) is 0 Å². The minimum Gasteiger partial charge on any atom is -0.463 e. The number of carbonyl (C=O) groups is 1. The van der Waals surface area contributed by atoms with Gasteiger partial charge in [0.2, 0.25) is 0 Å². The molecule has 1 rings (SSSR count). The van der Waals surface area contributed by atoms with Gasteiger partial charge in [0.25, 0.3) is 0 Å². The highest BCUT2D eigenvalue weighted by molar-refractivity contribution is 5.88. The molecule has 13 heavy (non-hydrogen) atoms. The SMILES string of the molecule is NCc1ccc(C=NC(=O)O)cc1. The zero-order chi connectivity index (χ0) is 9.68. The molecule has 0 aliphatic carbocycles. The minimum atomic E-state index is -1.19. The summed E-state index contributed by atoms with van der Waals surface area (Å²) in [4.78, 5) is 13.3. The molecule has 1 amide bonds. The van der Waals surface area contributed by atoms with Crippen molar-refractivity contribution in [2.75, 3.05) is 0 Å². The largest absolute Gasteiger partial charge is 0.463 e. The number of carboxylic acid groups (broad SMARTS) is 1. The maximum atomic E-state index is 10.1. The van der Waals surface area contributed by atoms with Gasteiger partial charge in [0.05, 0.1) is 0 Å². The summed E-state index contributed by atoms with van der Waals surface area (Å²) >= 11 is 0. The number of hydrogen-bond acceptors (Lipinski definition) is 2. The summed E-state index contributed by atoms with van der Waals surface area (Å²) < 4.78 is 0. The van der Waals surface area contributed by atoms with Crippen molar-refractivity contribution in [3.63, 3.8) is 0 Å². The van der Waals surface area contributed by atoms with E-state index in [1.165, 1.54) is 6.21 Å². The first kappa shape index (κ1) is 9.41. The lowest BCUT2D eigenvalue weighted by atomic mass is 10.1. The molecule has 4 heteroatoms. The van der Waals surface area contributed by atoms with Crippen LogP contribution in [-0.2, 0) is 6.54 Å². The van der Waals surface area contributed by atoms with E-state index in [0.717, 1.165) is 11.1 Å². The van der Waals surface area contributed by atoms with E-state index in [0.29, 0.717) is 6.54 Å². The van der Waals surface area contributed by atoms with Gasteiger partial charge in [0.1, 0.15) is 0 Å². The van der Waals surface area contributed by atoms with E-state index in [1.54, 1.807) is 12.1 Å². The molecule has 0 aromatic heterocycles. The number of rotatable bonds is 2. The second kappa shape index (κ2) is 4.37. The van der Waals surface area contributed by atoms with Gasteiger partial charge in [0, 0.05) is 12.8 Å². The first-order chi connectivity index (χ1) is 6.22. The second-order valence-electron chi connectivity index (χ2n) is 2.49. The van der Waals surface area contributed by atoms with Crippen LogP contribution in [0.2, 0.25) is 0 Å². The first-order valence-electron chi connectivity index (χ1n) is 3.78. The van der Waals surface area contributed by atoms with Crippen molar-refractivity contribution < 1.29 is 9.90 Å². The van der Waals surface area contributed by atoms with Crippen LogP contribution < -0.4 is 5.73 Å². The van der Waals surface area contributed by atoms with Crippen molar-refractivity contribution >= 4 is 12.3 Å². The van der Waals surface area contributed by atoms with Crippen LogP contribution in [0.3, 0.4) is 0 Å². The van der Waals surface area contributed by atoms with Crippen LogP contribution in [0.5, 0.6) is 0 Å². The summed E-state index contributed by atoms with van der Waals surface area (Å²) in [6.07, 6.45) is 0.103. The van der Waals surface area contributed by atoms with Crippen LogP contribution >= 0.6 is 0 Å². The Kier molecular flexibility index (Phi) is 3.16. The fourth-order valence-electron chi connectivity index (χ4n) is 0.870. The third kappa shape index (κ3) is 3.04. The van der Waals surface area contributed by atoms with Crippen LogP contribution in [0.15, 0.2) is 29.3 Å². The standard InChI is InChI=1S/C9H10N2O2/c10-5-7-1-3-8(4-2-7)6-11-9(12)13/h1-4,6H,5,10H2,(H,12,13). The van der Waals surface area contributed by atoms with Gasteiger partial charge in [-0.1, -0.05) is 24.3 Å². The molecule has 0 heterocycles. The molecule has 0 aliphatic heterocycles. The minimum absolute atomic E-state index is 0.482. The van der Waals surface area contributed by atoms with Crippen molar-refractivity contribution in [3.05, 3.63) is 35.4 Å². The molecule has 0 bridgehead atoms. The number of amides is 1. The summed E-state index contributed by atoms with van der Waals surface area (Å²) in [6, 6.07) is 7.22. The van der Waals surface area contributed by atoms with Gasteiger partial charge < -0.3 is 10.8 Å². The third-order valence-corrected chi connectivity index (χ3v) is 1.54. The number of nitrogens with two attached hydrogens (primary N) is 1. The van der Waals surface area contributed by atoms with Crippen LogP contribution in [-0.4, -0.2) is 17.4 Å². The molecule has 0 saturated heterocycles. The first-order valence-corrected chi connectivity index (χ1v) is 3.78. The molecule has 68 valence electrons. The lowest BCUT2D eigenvalue weighted by molar-refractivity contribution is 0.206. The van der Waals surface area contributed by atoms with E-state index in [1.807, 2.05) is 12.1 Å². The number of hydrogen-bond donors (Lipinski definition) is 2. The smallest absolute Gasteiger partial charge is 0.431 e. The molecule has 0 radical (unpaired) electrons. The number of benzene rings is 1. The molecular weight excluding hydrogens is 168 g/mol. The summed E-state index contributed by atoms with van der Waals surface area (Å²) in [5, 5.41) is 8.26. The Morgan fingerprint density at radius 2 is 2.08 bits per heavy atom. The monoisotopic (exact) mass is 178 g/mol. The number of aliphatic imine (C=N–C) groups is 1. The molecule has 4 nitrogen and oxygen atoms in total. The average Bonchev–Trinajstić information content (AvgIpc) is 2.15. The van der Waals surface area contributed by atoms with Crippen LogP contribution in [0.4, 0.5) is 4.79 Å². The van der Waals surface area contributed by atoms with E-state index < -0.39 is 6.09 Å². The maximum Gasteiger partial charge on any atom is 0.431 e. The van der Waals surface area contributed by atoms with E-state index >= 15 is 0 Å². The van der Waals surface area contributed by atoms with Gasteiger partial charge in [-0.2, -0.15) is 4.99 Å². The Morgan fingerprint density at radius 3 is 2.54 bits per heavy atom. The highest BCUT2D eigenvalue weighted by Crippen LogP contribution is 2.01.